The van der Waals surface area contributed by atoms with Crippen molar-refractivity contribution in [1.29, 1.82) is 0 Å². The summed E-state index contributed by atoms with van der Waals surface area (Å²) in [6.07, 6.45) is 0.410. The number of alkyl halides is 3. The Morgan fingerprint density at radius 3 is 2.82 bits per heavy atom. The number of aliphatic hydroxyl groups is 1. The average Bonchev–Trinajstić information content (AvgIpc) is 3.16. The van der Waals surface area contributed by atoms with E-state index in [0.29, 0.717) is 36.5 Å². The Labute approximate surface area is 187 Å². The van der Waals surface area contributed by atoms with Gasteiger partial charge in [-0.05, 0) is 24.6 Å². The summed E-state index contributed by atoms with van der Waals surface area (Å²) in [5.41, 5.74) is 2.44. The van der Waals surface area contributed by atoms with Gasteiger partial charge in [-0.15, -0.1) is 0 Å². The van der Waals surface area contributed by atoms with E-state index < -0.39 is 12.8 Å². The molecule has 0 fully saturated rings. The Morgan fingerprint density at radius 2 is 2.09 bits per heavy atom. The third-order valence-corrected chi connectivity index (χ3v) is 4.50. The van der Waals surface area contributed by atoms with Crippen molar-refractivity contribution >= 4 is 16.8 Å². The van der Waals surface area contributed by atoms with Gasteiger partial charge in [0.1, 0.15) is 0 Å². The van der Waals surface area contributed by atoms with Crippen LogP contribution in [-0.4, -0.2) is 69.9 Å². The van der Waals surface area contributed by atoms with E-state index in [2.05, 4.69) is 20.4 Å². The Morgan fingerprint density at radius 1 is 1.27 bits per heavy atom. The fraction of sp³-hybridized carbons (Fsp3) is 0.429. The van der Waals surface area contributed by atoms with Crippen LogP contribution in [0, 0.1) is 6.92 Å². The maximum atomic E-state index is 12.4. The molecule has 12 heteroatoms. The average molecular weight is 467 g/mol. The van der Waals surface area contributed by atoms with Crippen LogP contribution in [0.5, 0.6) is 5.88 Å². The lowest BCUT2D eigenvalue weighted by Crippen LogP contribution is -2.29. The minimum atomic E-state index is -4.43. The zero-order chi connectivity index (χ0) is 23.8. The quantitative estimate of drug-likeness (QED) is 0.414. The number of aryl methyl sites for hydroxylation is 1. The maximum Gasteiger partial charge on any atom is 0.422 e. The van der Waals surface area contributed by atoms with E-state index in [9.17, 15) is 18.0 Å². The molecule has 178 valence electrons. The van der Waals surface area contributed by atoms with E-state index in [-0.39, 0.29) is 31.4 Å². The number of amides is 1. The third kappa shape index (κ3) is 7.39. The molecule has 9 nitrogen and oxygen atoms in total. The van der Waals surface area contributed by atoms with Crippen molar-refractivity contribution in [3.05, 3.63) is 47.5 Å². The van der Waals surface area contributed by atoms with Crippen LogP contribution in [0.25, 0.3) is 10.9 Å². The van der Waals surface area contributed by atoms with Crippen molar-refractivity contribution in [1.82, 2.24) is 25.1 Å². The van der Waals surface area contributed by atoms with Crippen LogP contribution in [0.15, 0.2) is 30.7 Å². The van der Waals surface area contributed by atoms with Crippen LogP contribution in [0.1, 0.15) is 16.8 Å². The molecule has 0 aliphatic heterocycles. The van der Waals surface area contributed by atoms with Gasteiger partial charge < -0.3 is 19.9 Å². The molecule has 0 bridgehead atoms. The van der Waals surface area contributed by atoms with E-state index in [1.54, 1.807) is 36.1 Å². The van der Waals surface area contributed by atoms with Crippen molar-refractivity contribution in [3.8, 4) is 5.88 Å². The molecule has 0 unspecified atom stereocenters. The fourth-order valence-corrected chi connectivity index (χ4v) is 3.11. The number of nitrogens with one attached hydrogen (secondary N) is 1. The highest BCUT2D eigenvalue weighted by Crippen LogP contribution is 2.21. The first-order valence-electron chi connectivity index (χ1n) is 10.2. The number of hydrogen-bond donors (Lipinski definition) is 2. The summed E-state index contributed by atoms with van der Waals surface area (Å²) < 4.78 is 48.5. The van der Waals surface area contributed by atoms with E-state index >= 15 is 0 Å². The van der Waals surface area contributed by atoms with Crippen LogP contribution in [0.3, 0.4) is 0 Å². The number of carbonyl (C=O) groups is 1. The molecule has 0 radical (unpaired) electrons. The van der Waals surface area contributed by atoms with Crippen molar-refractivity contribution in [2.24, 2.45) is 0 Å². The molecule has 0 spiro atoms. The van der Waals surface area contributed by atoms with Crippen molar-refractivity contribution in [2.45, 2.75) is 26.1 Å². The van der Waals surface area contributed by atoms with Crippen molar-refractivity contribution in [2.75, 3.05) is 33.0 Å². The van der Waals surface area contributed by atoms with Gasteiger partial charge in [0.2, 0.25) is 11.8 Å². The highest BCUT2D eigenvalue weighted by atomic mass is 19.4. The summed E-state index contributed by atoms with van der Waals surface area (Å²) in [5.74, 6) is -0.287. The van der Waals surface area contributed by atoms with Crippen molar-refractivity contribution < 1.29 is 32.5 Å². The van der Waals surface area contributed by atoms with Gasteiger partial charge in [-0.2, -0.15) is 18.3 Å². The molecule has 2 N–H and O–H groups in total. The van der Waals surface area contributed by atoms with Gasteiger partial charge in [-0.25, -0.2) is 4.98 Å². The smallest absolute Gasteiger partial charge is 0.422 e. The number of aliphatic hydroxyl groups excluding tert-OH is 1. The van der Waals surface area contributed by atoms with Crippen LogP contribution in [0.2, 0.25) is 0 Å². The number of carbonyl (C=O) groups excluding carboxylic acids is 1. The number of ether oxygens (including phenoxy) is 2. The lowest BCUT2D eigenvalue weighted by Gasteiger charge is -2.11. The summed E-state index contributed by atoms with van der Waals surface area (Å²) in [6, 6.07) is 3.42. The fourth-order valence-electron chi connectivity index (χ4n) is 3.11. The molecule has 3 rings (SSSR count). The zero-order valence-electron chi connectivity index (χ0n) is 17.9. The summed E-state index contributed by atoms with van der Waals surface area (Å²) >= 11 is 0. The lowest BCUT2D eigenvalue weighted by molar-refractivity contribution is -0.154. The molecule has 0 aromatic carbocycles. The second-order valence-electron chi connectivity index (χ2n) is 7.25. The van der Waals surface area contributed by atoms with E-state index in [1.807, 2.05) is 0 Å². The molecule has 0 saturated heterocycles. The predicted molar refractivity (Wildman–Crippen MR) is 112 cm³/mol. The molecule has 1 amide bonds. The van der Waals surface area contributed by atoms with Crippen LogP contribution in [0.4, 0.5) is 13.2 Å². The number of halogens is 3. The standard InChI is InChI=1S/C21H24F3N5O4/c1-14-8-15(10-27-20(14)33-13-21(22,23)24)11-29-12-16-17(28-29)2-3-25-18(16)9-19(31)26-4-6-32-7-5-30/h2-3,8,10,12,30H,4-7,9,11,13H2,1H3,(H,26,31). The highest BCUT2D eigenvalue weighted by Gasteiger charge is 2.29. The van der Waals surface area contributed by atoms with Crippen LogP contribution in [-0.2, 0) is 22.5 Å². The molecule has 3 aromatic rings. The summed E-state index contributed by atoms with van der Waals surface area (Å²) in [4.78, 5) is 20.5. The van der Waals surface area contributed by atoms with Crippen molar-refractivity contribution in [3.63, 3.8) is 0 Å². The third-order valence-electron chi connectivity index (χ3n) is 4.50. The Hall–Kier alpha value is -3.25. The van der Waals surface area contributed by atoms with Gasteiger partial charge in [0.25, 0.3) is 0 Å². The first-order chi connectivity index (χ1) is 15.7. The van der Waals surface area contributed by atoms with Crippen LogP contribution >= 0.6 is 0 Å². The van der Waals surface area contributed by atoms with Crippen LogP contribution < -0.4 is 10.1 Å². The molecular formula is C21H24F3N5O4. The van der Waals surface area contributed by atoms with Gasteiger partial charge in [-0.1, -0.05) is 0 Å². The number of hydrogen-bond acceptors (Lipinski definition) is 7. The first-order valence-corrected chi connectivity index (χ1v) is 10.2. The van der Waals surface area contributed by atoms with Gasteiger partial charge in [-0.3, -0.25) is 14.5 Å². The normalized spacial score (nSPS) is 11.7. The summed E-state index contributed by atoms with van der Waals surface area (Å²) in [5, 5.41) is 16.6. The van der Waals surface area contributed by atoms with E-state index in [1.165, 1.54) is 6.20 Å². The minimum Gasteiger partial charge on any atom is -0.468 e. The molecule has 0 aliphatic rings. The molecule has 33 heavy (non-hydrogen) atoms. The van der Waals surface area contributed by atoms with E-state index in [4.69, 9.17) is 14.6 Å². The molecular weight excluding hydrogens is 443 g/mol. The number of fused-ring (bicyclic) bond motifs is 1. The maximum absolute atomic E-state index is 12.4. The monoisotopic (exact) mass is 467 g/mol. The van der Waals surface area contributed by atoms with Gasteiger partial charge >= 0.3 is 6.18 Å². The Balaban J connectivity index is 1.64. The number of rotatable bonds is 11. The van der Waals surface area contributed by atoms with Gasteiger partial charge in [0.05, 0.1) is 44.0 Å². The zero-order valence-corrected chi connectivity index (χ0v) is 17.9. The molecule has 0 saturated carbocycles. The van der Waals surface area contributed by atoms with Gasteiger partial charge in [0, 0.05) is 36.1 Å². The second-order valence-corrected chi connectivity index (χ2v) is 7.25. The number of aromatic nitrogens is 4. The highest BCUT2D eigenvalue weighted by molar-refractivity contribution is 5.86. The van der Waals surface area contributed by atoms with Gasteiger partial charge in [0.15, 0.2) is 6.61 Å². The lowest BCUT2D eigenvalue weighted by atomic mass is 10.2. The number of nitrogens with zero attached hydrogens (tertiary/aromatic N) is 4. The summed E-state index contributed by atoms with van der Waals surface area (Å²) in [7, 11) is 0. The largest absolute Gasteiger partial charge is 0.468 e. The second kappa shape index (κ2) is 11.1. The molecule has 0 aliphatic carbocycles. The number of pyridine rings is 2. The Kier molecular flexibility index (Phi) is 8.17. The van der Waals surface area contributed by atoms with E-state index in [0.717, 1.165) is 10.9 Å². The Bertz CT molecular complexity index is 1090. The first kappa shape index (κ1) is 24.4. The SMILES string of the molecule is Cc1cc(Cn2cc3c(CC(=O)NCCOCCO)nccc3n2)cnc1OCC(F)(F)F. The molecule has 3 heterocycles. The topological polar surface area (TPSA) is 111 Å². The predicted octanol–water partition coefficient (Wildman–Crippen LogP) is 1.79. The molecule has 3 aromatic heterocycles. The minimum absolute atomic E-state index is 0.0644. The molecule has 0 atom stereocenters. The summed E-state index contributed by atoms with van der Waals surface area (Å²) in [6.45, 7) is 1.32.